The summed E-state index contributed by atoms with van der Waals surface area (Å²) in [7, 11) is 0. The van der Waals surface area contributed by atoms with Crippen LogP contribution in [-0.2, 0) is 20.9 Å². The number of likely N-dealkylation sites (tertiary alicyclic amines) is 1. The molecule has 8 heteroatoms. The molecule has 2 unspecified atom stereocenters. The van der Waals surface area contributed by atoms with Crippen molar-refractivity contribution >= 4 is 29.5 Å². The zero-order chi connectivity index (χ0) is 24.8. The van der Waals surface area contributed by atoms with Crippen LogP contribution < -0.4 is 10.6 Å². The largest absolute Gasteiger partial charge is 0.396 e. The number of nitrogens with one attached hydrogen (secondary N) is 2. The molecule has 3 heterocycles. The van der Waals surface area contributed by atoms with Crippen molar-refractivity contribution in [1.29, 1.82) is 0 Å². The molecule has 192 valence electrons. The van der Waals surface area contributed by atoms with Crippen LogP contribution in [0.2, 0.25) is 0 Å². The Bertz CT molecular complexity index is 898. The molecule has 0 aromatic heterocycles. The summed E-state index contributed by atoms with van der Waals surface area (Å²) in [6.45, 7) is 3.81. The smallest absolute Gasteiger partial charge is 0.244 e. The molecule has 1 aromatic carbocycles. The summed E-state index contributed by atoms with van der Waals surface area (Å²) in [5.41, 5.74) is 1.03. The number of hydrogen-bond acceptors (Lipinski definition) is 5. The van der Waals surface area contributed by atoms with Crippen LogP contribution in [0.15, 0.2) is 30.3 Å². The first-order chi connectivity index (χ1) is 17.0. The molecule has 4 rings (SSSR count). The number of fused-ring (bicyclic) bond motifs is 1. The molecule has 2 bridgehead atoms. The lowest BCUT2D eigenvalue weighted by molar-refractivity contribution is -0.140. The SMILES string of the molecule is CCCCCNC(=O)C1N(CCCCCO)C(=O)[C@@H]2[C@H](C(=O)NCc3ccccc3)[C@@H]3CCC12S3. The Morgan fingerprint density at radius 3 is 2.63 bits per heavy atom. The Morgan fingerprint density at radius 2 is 1.89 bits per heavy atom. The first kappa shape index (κ1) is 26.0. The van der Waals surface area contributed by atoms with Gasteiger partial charge in [0.25, 0.3) is 0 Å². The van der Waals surface area contributed by atoms with Crippen LogP contribution in [0.4, 0.5) is 0 Å². The third-order valence-electron chi connectivity index (χ3n) is 7.80. The minimum Gasteiger partial charge on any atom is -0.396 e. The van der Waals surface area contributed by atoms with Gasteiger partial charge in [-0.1, -0.05) is 50.1 Å². The number of unbranched alkanes of at least 4 members (excludes halogenated alkanes) is 4. The van der Waals surface area contributed by atoms with Crippen LogP contribution in [-0.4, -0.2) is 63.5 Å². The highest BCUT2D eigenvalue weighted by atomic mass is 32.2. The Balaban J connectivity index is 1.52. The van der Waals surface area contributed by atoms with E-state index in [0.29, 0.717) is 26.1 Å². The maximum absolute atomic E-state index is 13.8. The molecule has 3 aliphatic rings. The first-order valence-electron chi connectivity index (χ1n) is 13.2. The summed E-state index contributed by atoms with van der Waals surface area (Å²) >= 11 is 1.71. The highest BCUT2D eigenvalue weighted by molar-refractivity contribution is 8.02. The lowest BCUT2D eigenvalue weighted by Gasteiger charge is -2.34. The zero-order valence-electron chi connectivity index (χ0n) is 20.7. The van der Waals surface area contributed by atoms with Gasteiger partial charge in [-0.05, 0) is 44.1 Å². The monoisotopic (exact) mass is 501 g/mol. The van der Waals surface area contributed by atoms with Gasteiger partial charge in [0.2, 0.25) is 17.7 Å². The van der Waals surface area contributed by atoms with Crippen LogP contribution in [0.5, 0.6) is 0 Å². The highest BCUT2D eigenvalue weighted by Gasteiger charge is 2.73. The number of hydrogen-bond donors (Lipinski definition) is 3. The Labute approximate surface area is 212 Å². The van der Waals surface area contributed by atoms with E-state index >= 15 is 0 Å². The van der Waals surface area contributed by atoms with Crippen molar-refractivity contribution in [1.82, 2.24) is 15.5 Å². The van der Waals surface area contributed by atoms with Gasteiger partial charge in [0, 0.05) is 31.5 Å². The van der Waals surface area contributed by atoms with Crippen molar-refractivity contribution in [3.8, 4) is 0 Å². The van der Waals surface area contributed by atoms with E-state index in [1.165, 1.54) is 0 Å². The highest BCUT2D eigenvalue weighted by Crippen LogP contribution is 2.66. The van der Waals surface area contributed by atoms with Gasteiger partial charge in [0.05, 0.1) is 16.6 Å². The standard InChI is InChI=1S/C27H39N3O4S/c1-2-3-8-15-28-25(33)23-27-14-13-20(35-27)21(24(32)29-18-19-11-6-4-7-12-19)22(27)26(34)30(23)16-9-5-10-17-31/h4,6-7,11-12,20-23,31H,2-3,5,8-10,13-18H2,1H3,(H,28,33)(H,29,32)/t20-,21+,22-,23?,27?/m0/s1. The summed E-state index contributed by atoms with van der Waals surface area (Å²) in [6, 6.07) is 9.26. The maximum atomic E-state index is 13.8. The number of benzene rings is 1. The fourth-order valence-electron chi connectivity index (χ4n) is 6.15. The normalized spacial score (nSPS) is 28.9. The van der Waals surface area contributed by atoms with E-state index in [0.717, 1.165) is 50.5 Å². The van der Waals surface area contributed by atoms with Crippen molar-refractivity contribution in [2.24, 2.45) is 11.8 Å². The predicted octanol–water partition coefficient (Wildman–Crippen LogP) is 2.86. The lowest BCUT2D eigenvalue weighted by atomic mass is 9.70. The molecule has 3 amide bonds. The van der Waals surface area contributed by atoms with Gasteiger partial charge in [-0.15, -0.1) is 11.8 Å². The minimum absolute atomic E-state index is 0.0442. The summed E-state index contributed by atoms with van der Waals surface area (Å²) in [4.78, 5) is 42.5. The number of carbonyl (C=O) groups is 3. The fourth-order valence-corrected chi connectivity index (χ4v) is 8.37. The van der Waals surface area contributed by atoms with Gasteiger partial charge in [-0.25, -0.2) is 0 Å². The third-order valence-corrected chi connectivity index (χ3v) is 9.75. The Morgan fingerprint density at radius 1 is 1.09 bits per heavy atom. The molecule has 3 N–H and O–H groups in total. The van der Waals surface area contributed by atoms with E-state index < -0.39 is 22.6 Å². The van der Waals surface area contributed by atoms with Crippen molar-refractivity contribution in [2.45, 2.75) is 80.9 Å². The van der Waals surface area contributed by atoms with Crippen LogP contribution in [0, 0.1) is 11.8 Å². The van der Waals surface area contributed by atoms with E-state index in [4.69, 9.17) is 5.11 Å². The molecular weight excluding hydrogens is 462 g/mol. The fraction of sp³-hybridized carbons (Fsp3) is 0.667. The van der Waals surface area contributed by atoms with Crippen LogP contribution in [0.3, 0.4) is 0 Å². The number of aliphatic hydroxyl groups is 1. The second-order valence-electron chi connectivity index (χ2n) is 10.1. The molecule has 35 heavy (non-hydrogen) atoms. The van der Waals surface area contributed by atoms with Crippen molar-refractivity contribution in [2.75, 3.05) is 19.7 Å². The molecule has 7 nitrogen and oxygen atoms in total. The predicted molar refractivity (Wildman–Crippen MR) is 138 cm³/mol. The molecule has 3 aliphatic heterocycles. The van der Waals surface area contributed by atoms with Crippen molar-refractivity contribution < 1.29 is 19.5 Å². The van der Waals surface area contributed by atoms with Gasteiger partial charge in [-0.2, -0.15) is 0 Å². The van der Waals surface area contributed by atoms with Crippen LogP contribution in [0.1, 0.15) is 63.9 Å². The summed E-state index contributed by atoms with van der Waals surface area (Å²) in [5.74, 6) is -1.04. The number of amides is 3. The second kappa shape index (κ2) is 11.8. The van der Waals surface area contributed by atoms with Crippen molar-refractivity contribution in [3.05, 3.63) is 35.9 Å². The summed E-state index contributed by atoms with van der Waals surface area (Å²) < 4.78 is -0.525. The van der Waals surface area contributed by atoms with Gasteiger partial charge >= 0.3 is 0 Å². The molecule has 0 saturated carbocycles. The molecule has 3 fully saturated rings. The Kier molecular flexibility index (Phi) is 8.76. The zero-order valence-corrected chi connectivity index (χ0v) is 21.5. The van der Waals surface area contributed by atoms with Gasteiger partial charge in [0.1, 0.15) is 6.04 Å². The summed E-state index contributed by atoms with van der Waals surface area (Å²) in [5, 5.41) is 15.4. The van der Waals surface area contributed by atoms with E-state index in [1.807, 2.05) is 30.3 Å². The minimum atomic E-state index is -0.530. The van der Waals surface area contributed by atoms with Crippen molar-refractivity contribution in [3.63, 3.8) is 0 Å². The molecular formula is C27H39N3O4S. The number of carbonyl (C=O) groups excluding carboxylic acids is 3. The molecule has 3 saturated heterocycles. The van der Waals surface area contributed by atoms with E-state index in [1.54, 1.807) is 16.7 Å². The number of rotatable bonds is 13. The second-order valence-corrected chi connectivity index (χ2v) is 11.7. The molecule has 5 atom stereocenters. The molecule has 0 radical (unpaired) electrons. The number of thioether (sulfide) groups is 1. The van der Waals surface area contributed by atoms with Crippen LogP contribution in [0.25, 0.3) is 0 Å². The molecule has 0 aliphatic carbocycles. The lowest BCUT2D eigenvalue weighted by Crippen LogP contribution is -2.54. The quantitative estimate of drug-likeness (QED) is 0.361. The third kappa shape index (κ3) is 5.24. The van der Waals surface area contributed by atoms with Gasteiger partial charge in [-0.3, -0.25) is 14.4 Å². The van der Waals surface area contributed by atoms with Crippen LogP contribution >= 0.6 is 11.8 Å². The van der Waals surface area contributed by atoms with Gasteiger partial charge in [0.15, 0.2) is 0 Å². The summed E-state index contributed by atoms with van der Waals surface area (Å²) in [6.07, 6.45) is 6.95. The number of aliphatic hydroxyl groups excluding tert-OH is 1. The first-order valence-corrected chi connectivity index (χ1v) is 14.1. The molecule has 1 aromatic rings. The topological polar surface area (TPSA) is 98.7 Å². The van der Waals surface area contributed by atoms with E-state index in [2.05, 4.69) is 17.6 Å². The maximum Gasteiger partial charge on any atom is 0.244 e. The van der Waals surface area contributed by atoms with Gasteiger partial charge < -0.3 is 20.6 Å². The van der Waals surface area contributed by atoms with E-state index in [-0.39, 0.29) is 29.6 Å². The molecule has 1 spiro atoms. The number of nitrogens with zero attached hydrogens (tertiary/aromatic N) is 1. The van der Waals surface area contributed by atoms with E-state index in [9.17, 15) is 14.4 Å². The Hall–Kier alpha value is -2.06. The average molecular weight is 502 g/mol. The average Bonchev–Trinajstić information content (AvgIpc) is 3.51.